The average Bonchev–Trinajstić information content (AvgIpc) is 3.24. The van der Waals surface area contributed by atoms with Crippen molar-refractivity contribution in [2.75, 3.05) is 31.7 Å². The summed E-state index contributed by atoms with van der Waals surface area (Å²) in [6.45, 7) is 9.10. The molecule has 3 aromatic rings. The number of aryl methyl sites for hydroxylation is 1. The van der Waals surface area contributed by atoms with E-state index in [1.54, 1.807) is 30.0 Å². The number of hydrogen-bond donors (Lipinski definition) is 2. The average molecular weight is 511 g/mol. The molecular formula is C28H34N2O7. The zero-order valence-corrected chi connectivity index (χ0v) is 21.7. The van der Waals surface area contributed by atoms with E-state index in [4.69, 9.17) is 18.6 Å². The van der Waals surface area contributed by atoms with Crippen molar-refractivity contribution >= 4 is 28.7 Å². The minimum absolute atomic E-state index is 0.160. The molecule has 0 bridgehead atoms. The van der Waals surface area contributed by atoms with E-state index in [0.29, 0.717) is 49.6 Å². The summed E-state index contributed by atoms with van der Waals surface area (Å²) in [7, 11) is 0. The highest BCUT2D eigenvalue weighted by Crippen LogP contribution is 2.33. The van der Waals surface area contributed by atoms with Crippen LogP contribution in [0.4, 0.5) is 10.5 Å². The first-order valence-corrected chi connectivity index (χ1v) is 12.5. The summed E-state index contributed by atoms with van der Waals surface area (Å²) in [4.78, 5) is 25.5. The van der Waals surface area contributed by atoms with E-state index < -0.39 is 12.2 Å². The van der Waals surface area contributed by atoms with E-state index in [1.165, 1.54) is 0 Å². The molecule has 0 saturated heterocycles. The van der Waals surface area contributed by atoms with E-state index in [-0.39, 0.29) is 18.6 Å². The first kappa shape index (κ1) is 26.3. The zero-order chi connectivity index (χ0) is 26.5. The smallest absolute Gasteiger partial charge is 0.410 e. The molecule has 4 rings (SSSR count). The highest BCUT2D eigenvalue weighted by Gasteiger charge is 2.27. The number of hydrogen-bond acceptors (Lipinski definition) is 8. The van der Waals surface area contributed by atoms with Crippen LogP contribution in [0.5, 0.6) is 5.75 Å². The Bertz CT molecular complexity index is 1270. The zero-order valence-electron chi connectivity index (χ0n) is 21.7. The molecule has 0 spiro atoms. The topological polar surface area (TPSA) is 110 Å². The van der Waals surface area contributed by atoms with Gasteiger partial charge in [-0.05, 0) is 56.0 Å². The number of anilines is 1. The molecule has 1 unspecified atom stereocenters. The Morgan fingerprint density at radius 3 is 2.70 bits per heavy atom. The van der Waals surface area contributed by atoms with Crippen molar-refractivity contribution in [1.29, 1.82) is 0 Å². The quantitative estimate of drug-likeness (QED) is 0.308. The molecule has 2 N–H and O–H groups in total. The van der Waals surface area contributed by atoms with Crippen LogP contribution >= 0.6 is 0 Å². The van der Waals surface area contributed by atoms with E-state index >= 15 is 0 Å². The van der Waals surface area contributed by atoms with E-state index in [9.17, 15) is 14.7 Å². The number of amides is 1. The number of benzene rings is 2. The Morgan fingerprint density at radius 1 is 1.16 bits per heavy atom. The predicted molar refractivity (Wildman–Crippen MR) is 138 cm³/mol. The maximum atomic E-state index is 12.4. The second-order valence-electron chi connectivity index (χ2n) is 9.52. The Balaban J connectivity index is 1.42. The molecule has 1 aliphatic rings. The minimum atomic E-state index is -0.973. The number of rotatable bonds is 9. The molecule has 1 atom stereocenters. The Hall–Kier alpha value is -3.72. The number of fused-ring (bicyclic) bond motifs is 3. The van der Waals surface area contributed by atoms with Gasteiger partial charge < -0.3 is 34.0 Å². The second-order valence-corrected chi connectivity index (χ2v) is 9.52. The molecule has 37 heavy (non-hydrogen) atoms. The molecule has 2 aromatic carbocycles. The van der Waals surface area contributed by atoms with Crippen molar-refractivity contribution in [3.63, 3.8) is 0 Å². The van der Waals surface area contributed by atoms with Crippen molar-refractivity contribution in [2.45, 2.75) is 46.9 Å². The third-order valence-electron chi connectivity index (χ3n) is 6.13. The largest absolute Gasteiger partial charge is 0.482 e. The number of carbonyl (C=O) groups excluding carboxylic acids is 2. The molecule has 1 amide bonds. The summed E-state index contributed by atoms with van der Waals surface area (Å²) in [5.74, 6) is 1.14. The molecule has 9 heteroatoms. The maximum Gasteiger partial charge on any atom is 0.410 e. The molecule has 9 nitrogen and oxygen atoms in total. The van der Waals surface area contributed by atoms with Gasteiger partial charge in [-0.2, -0.15) is 0 Å². The maximum absolute atomic E-state index is 12.4. The number of nitrogens with zero attached hydrogens (tertiary/aromatic N) is 1. The van der Waals surface area contributed by atoms with E-state index in [0.717, 1.165) is 28.0 Å². The van der Waals surface area contributed by atoms with Gasteiger partial charge >= 0.3 is 12.1 Å². The van der Waals surface area contributed by atoms with E-state index in [2.05, 4.69) is 5.32 Å². The van der Waals surface area contributed by atoms with E-state index in [1.807, 2.05) is 39.0 Å². The van der Waals surface area contributed by atoms with Crippen molar-refractivity contribution in [1.82, 2.24) is 4.90 Å². The number of ether oxygens (including phenoxy) is 3. The van der Waals surface area contributed by atoms with Gasteiger partial charge in [0.15, 0.2) is 12.8 Å². The Labute approximate surface area is 216 Å². The number of furan rings is 1. The van der Waals surface area contributed by atoms with Crippen LogP contribution in [0.3, 0.4) is 0 Å². The SMILES string of the molecule is CCOC(=O)COc1ccc(NC(O)c2ccc3c4c(oc3c2)CN(C(=O)OCC(C)C)CC4)c(C)c1. The van der Waals surface area contributed by atoms with Crippen molar-refractivity contribution in [2.24, 2.45) is 5.92 Å². The Kier molecular flexibility index (Phi) is 8.23. The fraction of sp³-hybridized carbons (Fsp3) is 0.429. The van der Waals surface area contributed by atoms with Crippen LogP contribution in [0.1, 0.15) is 49.4 Å². The van der Waals surface area contributed by atoms with Crippen LogP contribution in [0.2, 0.25) is 0 Å². The first-order chi connectivity index (χ1) is 17.7. The summed E-state index contributed by atoms with van der Waals surface area (Å²) >= 11 is 0. The van der Waals surface area contributed by atoms with Crippen molar-refractivity contribution < 1.29 is 33.3 Å². The number of aliphatic hydroxyl groups is 1. The lowest BCUT2D eigenvalue weighted by molar-refractivity contribution is -0.145. The predicted octanol–water partition coefficient (Wildman–Crippen LogP) is 4.94. The molecule has 1 aromatic heterocycles. The fourth-order valence-electron chi connectivity index (χ4n) is 4.24. The third-order valence-corrected chi connectivity index (χ3v) is 6.13. The monoisotopic (exact) mass is 510 g/mol. The lowest BCUT2D eigenvalue weighted by Gasteiger charge is -2.25. The molecule has 2 heterocycles. The molecule has 0 fully saturated rings. The summed E-state index contributed by atoms with van der Waals surface area (Å²) in [5, 5.41) is 15.0. The summed E-state index contributed by atoms with van der Waals surface area (Å²) < 4.78 is 21.8. The molecule has 0 saturated carbocycles. The lowest BCUT2D eigenvalue weighted by atomic mass is 10.0. The van der Waals surface area contributed by atoms with Crippen molar-refractivity contribution in [3.05, 3.63) is 58.8 Å². The van der Waals surface area contributed by atoms with Crippen LogP contribution in [0.15, 0.2) is 40.8 Å². The minimum Gasteiger partial charge on any atom is -0.482 e. The molecule has 1 aliphatic heterocycles. The fourth-order valence-corrected chi connectivity index (χ4v) is 4.24. The van der Waals surface area contributed by atoms with Gasteiger partial charge in [0.05, 0.1) is 19.8 Å². The van der Waals surface area contributed by atoms with Crippen LogP contribution in [0.25, 0.3) is 11.0 Å². The number of nitrogens with one attached hydrogen (secondary N) is 1. The molecule has 198 valence electrons. The van der Waals surface area contributed by atoms with Gasteiger partial charge in [0.2, 0.25) is 0 Å². The van der Waals surface area contributed by atoms with Crippen LogP contribution in [-0.2, 0) is 27.2 Å². The highest BCUT2D eigenvalue weighted by molar-refractivity contribution is 5.84. The van der Waals surface area contributed by atoms with Gasteiger partial charge in [0.1, 0.15) is 17.1 Å². The summed E-state index contributed by atoms with van der Waals surface area (Å²) in [5.41, 5.74) is 3.98. The standard InChI is InChI=1S/C28H34N2O7/c1-5-34-26(31)16-35-20-7-9-23(18(4)12-20)29-27(32)19-6-8-21-22-10-11-30(28(33)36-15-17(2)3)14-25(22)37-24(21)13-19/h6-9,12-13,17,27,29,32H,5,10-11,14-16H2,1-4H3. The summed E-state index contributed by atoms with van der Waals surface area (Å²) in [6.07, 6.45) is -0.616. The number of carbonyl (C=O) groups is 2. The van der Waals surface area contributed by atoms with Gasteiger partial charge in [-0.1, -0.05) is 26.0 Å². The lowest BCUT2D eigenvalue weighted by Crippen LogP contribution is -2.36. The first-order valence-electron chi connectivity index (χ1n) is 12.5. The Morgan fingerprint density at radius 2 is 1.97 bits per heavy atom. The number of aliphatic hydroxyl groups excluding tert-OH is 1. The third kappa shape index (κ3) is 6.35. The van der Waals surface area contributed by atoms with Crippen molar-refractivity contribution in [3.8, 4) is 5.75 Å². The van der Waals surface area contributed by atoms with Gasteiger partial charge in [-0.3, -0.25) is 0 Å². The second kappa shape index (κ2) is 11.6. The van der Waals surface area contributed by atoms with Crippen LogP contribution in [0, 0.1) is 12.8 Å². The van der Waals surface area contributed by atoms with Crippen LogP contribution < -0.4 is 10.1 Å². The normalized spacial score (nSPS) is 13.8. The molecule has 0 radical (unpaired) electrons. The van der Waals surface area contributed by atoms with Gasteiger partial charge in [-0.15, -0.1) is 0 Å². The van der Waals surface area contributed by atoms with Gasteiger partial charge in [0, 0.05) is 28.7 Å². The molecule has 0 aliphatic carbocycles. The highest BCUT2D eigenvalue weighted by atomic mass is 16.6. The summed E-state index contributed by atoms with van der Waals surface area (Å²) in [6, 6.07) is 10.9. The van der Waals surface area contributed by atoms with Crippen LogP contribution in [-0.4, -0.2) is 48.4 Å². The van der Waals surface area contributed by atoms with Gasteiger partial charge in [-0.25, -0.2) is 9.59 Å². The molecular weight excluding hydrogens is 476 g/mol. The number of esters is 1. The van der Waals surface area contributed by atoms with Gasteiger partial charge in [0.25, 0.3) is 0 Å².